The number of allylic oxidation sites excluding steroid dienone is 14. The van der Waals surface area contributed by atoms with Crippen LogP contribution in [0.3, 0.4) is 0 Å². The van der Waals surface area contributed by atoms with E-state index in [1.165, 1.54) is 19.3 Å². The van der Waals surface area contributed by atoms with Crippen LogP contribution in [-0.4, -0.2) is 64.9 Å². The molecule has 11 nitrogen and oxygen atoms in total. The molecule has 0 spiro atoms. The van der Waals surface area contributed by atoms with Gasteiger partial charge in [0.15, 0.2) is 6.04 Å². The number of aliphatic carboxylic acids is 1. The molecule has 12 heteroatoms. The third-order valence-corrected chi connectivity index (χ3v) is 8.62. The van der Waals surface area contributed by atoms with Gasteiger partial charge < -0.3 is 25.2 Å². The molecular formula is C42H68NO10P. The first-order chi connectivity index (χ1) is 26.1. The summed E-state index contributed by atoms with van der Waals surface area (Å²) >= 11 is 0. The van der Waals surface area contributed by atoms with Crippen LogP contribution in [0.2, 0.25) is 0 Å². The van der Waals surface area contributed by atoms with Crippen LogP contribution in [-0.2, 0) is 32.7 Å². The number of carbonyl (C=O) groups excluding carboxylic acids is 2. The Morgan fingerprint density at radius 2 is 1.09 bits per heavy atom. The number of phosphoric acid groups is 1. The lowest BCUT2D eigenvalue weighted by Gasteiger charge is -2.18. The molecular weight excluding hydrogens is 709 g/mol. The SMILES string of the molecule is CC/C=C\C/C=C\C/C=C\CCCCCC(=O)NC(COP(=O)(O)OCC(O)COC(=O)CCC/C=C\C/C=C\C/C=C\C/C=C\CCCCC)C(=O)O. The number of hydrogen-bond donors (Lipinski definition) is 4. The minimum atomic E-state index is -4.78. The number of aliphatic hydroxyl groups is 1. The molecule has 0 saturated heterocycles. The van der Waals surface area contributed by atoms with Crippen LogP contribution >= 0.6 is 7.82 Å². The van der Waals surface area contributed by atoms with Crippen molar-refractivity contribution in [2.24, 2.45) is 0 Å². The lowest BCUT2D eigenvalue weighted by Crippen LogP contribution is -2.43. The van der Waals surface area contributed by atoms with Gasteiger partial charge >= 0.3 is 19.8 Å². The number of unbranched alkanes of at least 4 members (excludes halogenated alkanes) is 7. The number of amides is 1. The number of esters is 1. The number of ether oxygens (including phenoxy) is 1. The van der Waals surface area contributed by atoms with Crippen LogP contribution in [0.25, 0.3) is 0 Å². The predicted octanol–water partition coefficient (Wildman–Crippen LogP) is 9.55. The average Bonchev–Trinajstić information content (AvgIpc) is 3.14. The second kappa shape index (κ2) is 36.6. The zero-order chi connectivity index (χ0) is 40.0. The molecule has 0 aliphatic carbocycles. The fourth-order valence-corrected chi connectivity index (χ4v) is 5.39. The number of carboxylic acid groups (broad SMARTS) is 1. The molecule has 0 aliphatic rings. The highest BCUT2D eigenvalue weighted by Crippen LogP contribution is 2.43. The molecule has 0 aromatic heterocycles. The quantitative estimate of drug-likeness (QED) is 0.0210. The van der Waals surface area contributed by atoms with Crippen LogP contribution in [0.5, 0.6) is 0 Å². The summed E-state index contributed by atoms with van der Waals surface area (Å²) in [5.41, 5.74) is 0. The summed E-state index contributed by atoms with van der Waals surface area (Å²) in [6.07, 6.45) is 43.4. The van der Waals surface area contributed by atoms with Crippen LogP contribution in [0.15, 0.2) is 85.1 Å². The van der Waals surface area contributed by atoms with Crippen molar-refractivity contribution in [3.8, 4) is 0 Å². The first-order valence-electron chi connectivity index (χ1n) is 19.6. The van der Waals surface area contributed by atoms with Gasteiger partial charge in [-0.2, -0.15) is 0 Å². The van der Waals surface area contributed by atoms with Gasteiger partial charge in [-0.25, -0.2) is 9.36 Å². The summed E-state index contributed by atoms with van der Waals surface area (Å²) in [6, 6.07) is -1.57. The van der Waals surface area contributed by atoms with E-state index in [0.29, 0.717) is 19.3 Å². The van der Waals surface area contributed by atoms with Crippen LogP contribution in [0, 0.1) is 0 Å². The smallest absolute Gasteiger partial charge is 0.472 e. The Morgan fingerprint density at radius 3 is 1.61 bits per heavy atom. The summed E-state index contributed by atoms with van der Waals surface area (Å²) in [7, 11) is -4.78. The van der Waals surface area contributed by atoms with Crippen LogP contribution in [0.4, 0.5) is 0 Å². The first-order valence-corrected chi connectivity index (χ1v) is 21.1. The van der Waals surface area contributed by atoms with Gasteiger partial charge in [-0.15, -0.1) is 0 Å². The molecule has 0 bridgehead atoms. The molecule has 0 aromatic carbocycles. The van der Waals surface area contributed by atoms with Gasteiger partial charge in [0.2, 0.25) is 5.91 Å². The van der Waals surface area contributed by atoms with Crippen molar-refractivity contribution >= 4 is 25.7 Å². The second-order valence-electron chi connectivity index (χ2n) is 12.7. The normalized spacial score (nSPS) is 14.7. The van der Waals surface area contributed by atoms with Gasteiger partial charge in [0.1, 0.15) is 12.7 Å². The van der Waals surface area contributed by atoms with Crippen molar-refractivity contribution in [1.29, 1.82) is 0 Å². The first kappa shape index (κ1) is 50.7. The number of aliphatic hydroxyl groups excluding tert-OH is 1. The highest BCUT2D eigenvalue weighted by atomic mass is 31.2. The molecule has 54 heavy (non-hydrogen) atoms. The molecule has 0 aromatic rings. The van der Waals surface area contributed by atoms with Crippen molar-refractivity contribution < 1.29 is 47.8 Å². The zero-order valence-electron chi connectivity index (χ0n) is 32.7. The van der Waals surface area contributed by atoms with Gasteiger partial charge in [-0.1, -0.05) is 118 Å². The summed E-state index contributed by atoms with van der Waals surface area (Å²) in [6.45, 7) is 2.33. The number of hydrogen-bond acceptors (Lipinski definition) is 8. The van der Waals surface area contributed by atoms with Crippen molar-refractivity contribution in [3.63, 3.8) is 0 Å². The molecule has 306 valence electrons. The molecule has 0 rings (SSSR count). The lowest BCUT2D eigenvalue weighted by atomic mass is 10.1. The molecule has 0 heterocycles. The predicted molar refractivity (Wildman–Crippen MR) is 217 cm³/mol. The molecule has 4 N–H and O–H groups in total. The Morgan fingerprint density at radius 1 is 0.611 bits per heavy atom. The van der Waals surface area contributed by atoms with E-state index in [1.807, 2.05) is 12.2 Å². The highest BCUT2D eigenvalue weighted by molar-refractivity contribution is 7.47. The van der Waals surface area contributed by atoms with Gasteiger partial charge in [0.05, 0.1) is 13.2 Å². The maximum absolute atomic E-state index is 12.2. The minimum Gasteiger partial charge on any atom is -0.480 e. The monoisotopic (exact) mass is 777 g/mol. The molecule has 3 unspecified atom stereocenters. The van der Waals surface area contributed by atoms with E-state index in [4.69, 9.17) is 13.8 Å². The summed E-state index contributed by atoms with van der Waals surface area (Å²) in [4.78, 5) is 45.7. The largest absolute Gasteiger partial charge is 0.480 e. The Balaban J connectivity index is 4.08. The fraction of sp³-hybridized carbons (Fsp3) is 0.595. The summed E-state index contributed by atoms with van der Waals surface area (Å²) < 4.78 is 26.7. The van der Waals surface area contributed by atoms with Crippen molar-refractivity contribution in [1.82, 2.24) is 5.32 Å². The Hall–Kier alpha value is -3.34. The maximum atomic E-state index is 12.2. The fourth-order valence-electron chi connectivity index (χ4n) is 4.61. The number of carbonyl (C=O) groups is 3. The summed E-state index contributed by atoms with van der Waals surface area (Å²) in [5.74, 6) is -2.49. The van der Waals surface area contributed by atoms with Crippen molar-refractivity contribution in [3.05, 3.63) is 85.1 Å². The highest BCUT2D eigenvalue weighted by Gasteiger charge is 2.28. The molecule has 3 atom stereocenters. The van der Waals surface area contributed by atoms with E-state index in [9.17, 15) is 34.1 Å². The number of carboxylic acids is 1. The molecule has 0 radical (unpaired) electrons. The minimum absolute atomic E-state index is 0.101. The van der Waals surface area contributed by atoms with E-state index >= 15 is 0 Å². The average molecular weight is 778 g/mol. The van der Waals surface area contributed by atoms with Crippen molar-refractivity contribution in [2.45, 2.75) is 142 Å². The van der Waals surface area contributed by atoms with Crippen LogP contribution in [0.1, 0.15) is 129 Å². The molecule has 1 amide bonds. The van der Waals surface area contributed by atoms with E-state index in [1.54, 1.807) is 0 Å². The standard InChI is InChI=1S/C42H68NO10P/c1-3-5-7-9-11-13-15-17-18-19-20-22-24-26-28-30-32-34-41(46)51-35-38(44)36-52-54(49,50)53-37-39(42(47)48)43-40(45)33-31-29-27-25-23-21-16-14-12-10-8-6-4-2/h6,8,11-14,17-18,20-23,26,28,38-39,44H,3-5,7,9-10,15-16,19,24-25,27,29-37H2,1-2H3,(H,43,45)(H,47,48)(H,49,50)/b8-6-,13-11-,14-12-,18-17-,22-20-,23-21-,28-26-. The third-order valence-electron chi connectivity index (χ3n) is 7.67. The third kappa shape index (κ3) is 35.7. The van der Waals surface area contributed by atoms with E-state index in [0.717, 1.165) is 64.2 Å². The zero-order valence-corrected chi connectivity index (χ0v) is 33.6. The maximum Gasteiger partial charge on any atom is 0.472 e. The van der Waals surface area contributed by atoms with E-state index in [2.05, 4.69) is 92.1 Å². The number of phosphoric ester groups is 1. The van der Waals surface area contributed by atoms with Gasteiger partial charge in [-0.3, -0.25) is 18.6 Å². The van der Waals surface area contributed by atoms with Gasteiger partial charge in [0, 0.05) is 12.8 Å². The second-order valence-corrected chi connectivity index (χ2v) is 14.2. The topological polar surface area (TPSA) is 169 Å². The summed E-state index contributed by atoms with van der Waals surface area (Å²) in [5, 5.41) is 21.7. The van der Waals surface area contributed by atoms with Gasteiger partial charge in [0.25, 0.3) is 0 Å². The Labute approximate surface area is 324 Å². The molecule has 0 aliphatic heterocycles. The number of rotatable bonds is 35. The Kier molecular flexibility index (Phi) is 34.4. The van der Waals surface area contributed by atoms with E-state index < -0.39 is 57.6 Å². The Bertz CT molecular complexity index is 1240. The van der Waals surface area contributed by atoms with Crippen molar-refractivity contribution in [2.75, 3.05) is 19.8 Å². The molecule has 0 fully saturated rings. The lowest BCUT2D eigenvalue weighted by molar-refractivity contribution is -0.147. The molecule has 0 saturated carbocycles. The van der Waals surface area contributed by atoms with E-state index in [-0.39, 0.29) is 12.8 Å². The van der Waals surface area contributed by atoms with Crippen LogP contribution < -0.4 is 5.32 Å². The van der Waals surface area contributed by atoms with Gasteiger partial charge in [-0.05, 0) is 83.5 Å². The number of nitrogens with one attached hydrogen (secondary N) is 1.